The van der Waals surface area contributed by atoms with Crippen LogP contribution in [0.1, 0.15) is 28.9 Å². The molecule has 0 aliphatic rings. The van der Waals surface area contributed by atoms with E-state index in [4.69, 9.17) is 0 Å². The number of rotatable bonds is 6. The average molecular weight is 405 g/mol. The van der Waals surface area contributed by atoms with Gasteiger partial charge in [-0.25, -0.2) is 0 Å². The van der Waals surface area contributed by atoms with Crippen molar-refractivity contribution in [1.29, 1.82) is 0 Å². The van der Waals surface area contributed by atoms with Crippen molar-refractivity contribution in [2.45, 2.75) is 30.9 Å². The second-order valence-corrected chi connectivity index (χ2v) is 8.08. The molecule has 0 heterocycles. The Balaban J connectivity index is 1.86. The summed E-state index contributed by atoms with van der Waals surface area (Å²) in [6.07, 6.45) is 0. The summed E-state index contributed by atoms with van der Waals surface area (Å²) in [5, 5.41) is 5.41. The largest absolute Gasteiger partial charge is 0.326 e. The lowest BCUT2D eigenvalue weighted by atomic mass is 10.1. The maximum absolute atomic E-state index is 13.2. The summed E-state index contributed by atoms with van der Waals surface area (Å²) in [5.41, 5.74) is 4.74. The number of benzene rings is 3. The fraction of sp³-hybridized carbons (Fsp3) is 0.167. The van der Waals surface area contributed by atoms with E-state index in [0.29, 0.717) is 5.69 Å². The number of carbonyl (C=O) groups is 2. The summed E-state index contributed by atoms with van der Waals surface area (Å²) in [6.45, 7) is 5.55. The maximum atomic E-state index is 13.2. The summed E-state index contributed by atoms with van der Waals surface area (Å²) in [4.78, 5) is 25.4. The van der Waals surface area contributed by atoms with Gasteiger partial charge < -0.3 is 10.6 Å². The Kier molecular flexibility index (Phi) is 6.73. The Morgan fingerprint density at radius 3 is 2.21 bits per heavy atom. The predicted octanol–water partition coefficient (Wildman–Crippen LogP) is 5.73. The topological polar surface area (TPSA) is 58.2 Å². The zero-order valence-corrected chi connectivity index (χ0v) is 17.5. The Hall–Kier alpha value is -3.05. The van der Waals surface area contributed by atoms with Gasteiger partial charge in [-0.1, -0.05) is 42.5 Å². The Morgan fingerprint density at radius 1 is 0.793 bits per heavy atom. The van der Waals surface area contributed by atoms with Gasteiger partial charge in [0.1, 0.15) is 5.25 Å². The van der Waals surface area contributed by atoms with Crippen LogP contribution in [0.3, 0.4) is 0 Å². The summed E-state index contributed by atoms with van der Waals surface area (Å²) in [6, 6.07) is 23.1. The van der Waals surface area contributed by atoms with E-state index in [2.05, 4.69) is 10.6 Å². The molecule has 0 bridgehead atoms. The lowest BCUT2D eigenvalue weighted by Gasteiger charge is -2.18. The van der Waals surface area contributed by atoms with Crippen LogP contribution in [-0.2, 0) is 9.59 Å². The standard InChI is InChI=1S/C24H24N2O2S/c1-16-12-13-21(14-17(16)2)26-24(28)23(19-8-5-4-6-9-19)29-22-11-7-10-20(15-22)25-18(3)27/h4-15,23H,1-3H3,(H,25,27)(H,26,28). The highest BCUT2D eigenvalue weighted by Gasteiger charge is 2.22. The van der Waals surface area contributed by atoms with E-state index in [-0.39, 0.29) is 11.8 Å². The lowest BCUT2D eigenvalue weighted by molar-refractivity contribution is -0.116. The van der Waals surface area contributed by atoms with Gasteiger partial charge in [-0.05, 0) is 60.9 Å². The Morgan fingerprint density at radius 2 is 1.52 bits per heavy atom. The second kappa shape index (κ2) is 9.43. The number of anilines is 2. The molecule has 1 atom stereocenters. The molecule has 148 valence electrons. The van der Waals surface area contributed by atoms with Gasteiger partial charge >= 0.3 is 0 Å². The monoisotopic (exact) mass is 404 g/mol. The van der Waals surface area contributed by atoms with E-state index in [1.807, 2.05) is 86.6 Å². The first-order valence-corrected chi connectivity index (χ1v) is 10.3. The van der Waals surface area contributed by atoms with Crippen molar-refractivity contribution in [2.24, 2.45) is 0 Å². The van der Waals surface area contributed by atoms with Crippen molar-refractivity contribution >= 4 is 35.0 Å². The maximum Gasteiger partial charge on any atom is 0.242 e. The quantitative estimate of drug-likeness (QED) is 0.516. The minimum absolute atomic E-state index is 0.0885. The lowest BCUT2D eigenvalue weighted by Crippen LogP contribution is -2.19. The van der Waals surface area contributed by atoms with Crippen LogP contribution in [-0.4, -0.2) is 11.8 Å². The number of aryl methyl sites for hydroxylation is 2. The van der Waals surface area contributed by atoms with Gasteiger partial charge in [0.25, 0.3) is 0 Å². The first-order valence-electron chi connectivity index (χ1n) is 9.40. The van der Waals surface area contributed by atoms with E-state index in [1.165, 1.54) is 24.2 Å². The molecule has 2 amide bonds. The van der Waals surface area contributed by atoms with Crippen LogP contribution in [0, 0.1) is 13.8 Å². The number of nitrogens with one attached hydrogen (secondary N) is 2. The first kappa shape index (κ1) is 20.7. The number of carbonyl (C=O) groups excluding carboxylic acids is 2. The van der Waals surface area contributed by atoms with Crippen molar-refractivity contribution in [3.8, 4) is 0 Å². The third-order valence-corrected chi connectivity index (χ3v) is 5.77. The molecule has 0 fully saturated rings. The van der Waals surface area contributed by atoms with Crippen molar-refractivity contribution < 1.29 is 9.59 Å². The molecule has 5 heteroatoms. The van der Waals surface area contributed by atoms with E-state index in [1.54, 1.807) is 0 Å². The molecule has 29 heavy (non-hydrogen) atoms. The van der Waals surface area contributed by atoms with Crippen molar-refractivity contribution in [3.05, 3.63) is 89.5 Å². The van der Waals surface area contributed by atoms with Gasteiger partial charge in [0.2, 0.25) is 11.8 Å². The molecule has 0 spiro atoms. The van der Waals surface area contributed by atoms with Crippen molar-refractivity contribution in [1.82, 2.24) is 0 Å². The minimum atomic E-state index is -0.426. The summed E-state index contributed by atoms with van der Waals surface area (Å²) >= 11 is 1.45. The second-order valence-electron chi connectivity index (χ2n) is 6.91. The third-order valence-electron chi connectivity index (χ3n) is 4.52. The van der Waals surface area contributed by atoms with Crippen LogP contribution in [0.2, 0.25) is 0 Å². The zero-order valence-electron chi connectivity index (χ0n) is 16.7. The van der Waals surface area contributed by atoms with Gasteiger partial charge in [-0.2, -0.15) is 0 Å². The first-order chi connectivity index (χ1) is 13.9. The van der Waals surface area contributed by atoms with Crippen LogP contribution in [0.4, 0.5) is 11.4 Å². The SMILES string of the molecule is CC(=O)Nc1cccc(SC(C(=O)Nc2ccc(C)c(C)c2)c2ccccc2)c1. The molecule has 0 saturated carbocycles. The molecule has 3 aromatic rings. The number of amides is 2. The molecular weight excluding hydrogens is 380 g/mol. The predicted molar refractivity (Wildman–Crippen MR) is 120 cm³/mol. The highest BCUT2D eigenvalue weighted by atomic mass is 32.2. The molecule has 0 radical (unpaired) electrons. The molecule has 0 aromatic heterocycles. The highest BCUT2D eigenvalue weighted by Crippen LogP contribution is 2.37. The molecule has 3 aromatic carbocycles. The van der Waals surface area contributed by atoms with Crippen molar-refractivity contribution in [3.63, 3.8) is 0 Å². The van der Waals surface area contributed by atoms with Gasteiger partial charge in [0.15, 0.2) is 0 Å². The fourth-order valence-electron chi connectivity index (χ4n) is 2.91. The molecule has 1 unspecified atom stereocenters. The zero-order chi connectivity index (χ0) is 20.8. The van der Waals surface area contributed by atoms with Crippen LogP contribution >= 0.6 is 11.8 Å². The normalized spacial score (nSPS) is 11.6. The third kappa shape index (κ3) is 5.72. The molecule has 0 saturated heterocycles. The average Bonchev–Trinajstić information content (AvgIpc) is 2.69. The van der Waals surface area contributed by atoms with Crippen LogP contribution in [0.5, 0.6) is 0 Å². The van der Waals surface area contributed by atoms with E-state index >= 15 is 0 Å². The van der Waals surface area contributed by atoms with Gasteiger partial charge in [0.05, 0.1) is 0 Å². The van der Waals surface area contributed by atoms with Crippen LogP contribution in [0.15, 0.2) is 77.7 Å². The molecule has 3 rings (SSSR count). The van der Waals surface area contributed by atoms with Crippen LogP contribution < -0.4 is 10.6 Å². The fourth-order valence-corrected chi connectivity index (χ4v) is 4.00. The van der Waals surface area contributed by atoms with E-state index in [9.17, 15) is 9.59 Å². The number of thioether (sulfide) groups is 1. The van der Waals surface area contributed by atoms with Gasteiger partial charge in [0, 0.05) is 23.2 Å². The van der Waals surface area contributed by atoms with E-state index in [0.717, 1.165) is 21.7 Å². The molecule has 0 aliphatic heterocycles. The highest BCUT2D eigenvalue weighted by molar-refractivity contribution is 8.00. The van der Waals surface area contributed by atoms with E-state index < -0.39 is 5.25 Å². The molecule has 2 N–H and O–H groups in total. The minimum Gasteiger partial charge on any atom is -0.326 e. The molecular formula is C24H24N2O2S. The number of hydrogen-bond donors (Lipinski definition) is 2. The summed E-state index contributed by atoms with van der Waals surface area (Å²) < 4.78 is 0. The van der Waals surface area contributed by atoms with Crippen molar-refractivity contribution in [2.75, 3.05) is 10.6 Å². The smallest absolute Gasteiger partial charge is 0.242 e. The van der Waals surface area contributed by atoms with Crippen LogP contribution in [0.25, 0.3) is 0 Å². The Labute approximate surface area is 175 Å². The Bertz CT molecular complexity index is 1020. The summed E-state index contributed by atoms with van der Waals surface area (Å²) in [7, 11) is 0. The summed E-state index contributed by atoms with van der Waals surface area (Å²) in [5.74, 6) is -0.214. The van der Waals surface area contributed by atoms with Gasteiger partial charge in [-0.15, -0.1) is 11.8 Å². The molecule has 4 nitrogen and oxygen atoms in total. The molecule has 0 aliphatic carbocycles. The van der Waals surface area contributed by atoms with Gasteiger partial charge in [-0.3, -0.25) is 9.59 Å². The number of hydrogen-bond acceptors (Lipinski definition) is 3.